The predicted molar refractivity (Wildman–Crippen MR) is 65.4 cm³/mol. The highest BCUT2D eigenvalue weighted by molar-refractivity contribution is 5.70. The first-order valence-corrected chi connectivity index (χ1v) is 6.54. The summed E-state index contributed by atoms with van der Waals surface area (Å²) in [6.45, 7) is 5.23. The summed E-state index contributed by atoms with van der Waals surface area (Å²) < 4.78 is 9.95. The summed E-state index contributed by atoms with van der Waals surface area (Å²) in [5, 5.41) is 0. The third kappa shape index (κ3) is 11.5. The molecule has 3 heteroatoms. The highest BCUT2D eigenvalue weighted by Crippen LogP contribution is 2.06. The Hall–Kier alpha value is -0.570. The molecule has 0 unspecified atom stereocenters. The van der Waals surface area contributed by atoms with Crippen LogP contribution in [0.15, 0.2) is 0 Å². The van der Waals surface area contributed by atoms with Gasteiger partial charge in [-0.05, 0) is 13.3 Å². The average molecular weight is 230 g/mol. The second-order valence-electron chi connectivity index (χ2n) is 3.98. The van der Waals surface area contributed by atoms with E-state index in [4.69, 9.17) is 9.47 Å². The van der Waals surface area contributed by atoms with Crippen molar-refractivity contribution >= 4 is 5.97 Å². The van der Waals surface area contributed by atoms with E-state index in [1.807, 2.05) is 0 Å². The van der Waals surface area contributed by atoms with Gasteiger partial charge in [-0.2, -0.15) is 0 Å². The molecule has 0 saturated heterocycles. The first-order valence-electron chi connectivity index (χ1n) is 6.54. The summed E-state index contributed by atoms with van der Waals surface area (Å²) >= 11 is 0. The summed E-state index contributed by atoms with van der Waals surface area (Å²) in [5.41, 5.74) is 0. The van der Waals surface area contributed by atoms with Gasteiger partial charge >= 0.3 is 5.97 Å². The molecule has 0 aromatic carbocycles. The smallest absolute Gasteiger partial charge is 0.332 e. The summed E-state index contributed by atoms with van der Waals surface area (Å²) in [5.74, 6) is -0.259. The van der Waals surface area contributed by atoms with Crippen molar-refractivity contribution in [2.45, 2.75) is 58.8 Å². The van der Waals surface area contributed by atoms with Gasteiger partial charge in [0.1, 0.15) is 6.61 Å². The Morgan fingerprint density at radius 3 is 2.19 bits per heavy atom. The summed E-state index contributed by atoms with van der Waals surface area (Å²) in [6.07, 6.45) is 8.84. The van der Waals surface area contributed by atoms with Crippen LogP contribution in [0, 0.1) is 0 Å². The number of hydrogen-bond donors (Lipinski definition) is 0. The SMILES string of the molecule is CCCCCCCCCOCC(=O)OCC. The summed E-state index contributed by atoms with van der Waals surface area (Å²) in [4.78, 5) is 10.9. The minimum Gasteiger partial charge on any atom is -0.464 e. The molecule has 0 saturated carbocycles. The van der Waals surface area contributed by atoms with Crippen LogP contribution in [-0.2, 0) is 14.3 Å². The van der Waals surface area contributed by atoms with Gasteiger partial charge in [0, 0.05) is 6.61 Å². The molecular weight excluding hydrogens is 204 g/mol. The Balaban J connectivity index is 3.01. The second-order valence-corrected chi connectivity index (χ2v) is 3.98. The van der Waals surface area contributed by atoms with Gasteiger partial charge in [-0.3, -0.25) is 0 Å². The molecule has 0 aromatic rings. The Bertz CT molecular complexity index is 157. The number of ether oxygens (including phenoxy) is 2. The van der Waals surface area contributed by atoms with Gasteiger partial charge < -0.3 is 9.47 Å². The van der Waals surface area contributed by atoms with Gasteiger partial charge in [-0.1, -0.05) is 45.4 Å². The predicted octanol–water partition coefficient (Wildman–Crippen LogP) is 3.32. The number of rotatable bonds is 11. The monoisotopic (exact) mass is 230 g/mol. The van der Waals surface area contributed by atoms with Crippen molar-refractivity contribution < 1.29 is 14.3 Å². The second kappa shape index (κ2) is 12.5. The molecule has 96 valence electrons. The molecule has 0 amide bonds. The zero-order valence-electron chi connectivity index (χ0n) is 10.8. The molecule has 0 atom stereocenters. The number of unbranched alkanes of at least 4 members (excludes halogenated alkanes) is 6. The van der Waals surface area contributed by atoms with Crippen LogP contribution in [0.25, 0.3) is 0 Å². The molecule has 0 heterocycles. The van der Waals surface area contributed by atoms with Gasteiger partial charge in [0.15, 0.2) is 0 Å². The average Bonchev–Trinajstić information content (AvgIpc) is 2.27. The van der Waals surface area contributed by atoms with E-state index in [9.17, 15) is 4.79 Å². The fourth-order valence-electron chi connectivity index (χ4n) is 1.52. The molecule has 0 radical (unpaired) electrons. The van der Waals surface area contributed by atoms with Gasteiger partial charge in [0.25, 0.3) is 0 Å². The fraction of sp³-hybridized carbons (Fsp3) is 0.923. The lowest BCUT2D eigenvalue weighted by atomic mass is 10.1. The van der Waals surface area contributed by atoms with Crippen molar-refractivity contribution in [3.8, 4) is 0 Å². The van der Waals surface area contributed by atoms with Gasteiger partial charge in [0.05, 0.1) is 6.61 Å². The van der Waals surface area contributed by atoms with Crippen LogP contribution in [0.5, 0.6) is 0 Å². The van der Waals surface area contributed by atoms with Crippen LogP contribution in [-0.4, -0.2) is 25.8 Å². The quantitative estimate of drug-likeness (QED) is 0.403. The van der Waals surface area contributed by atoms with Crippen molar-refractivity contribution in [1.82, 2.24) is 0 Å². The van der Waals surface area contributed by atoms with Crippen LogP contribution >= 0.6 is 0 Å². The molecule has 0 N–H and O–H groups in total. The third-order valence-corrected chi connectivity index (χ3v) is 2.42. The maximum atomic E-state index is 10.9. The maximum Gasteiger partial charge on any atom is 0.332 e. The van der Waals surface area contributed by atoms with Gasteiger partial charge in [-0.15, -0.1) is 0 Å². The first-order chi connectivity index (χ1) is 7.81. The topological polar surface area (TPSA) is 35.5 Å². The minimum absolute atomic E-state index is 0.101. The first kappa shape index (κ1) is 15.4. The molecule has 0 rings (SSSR count). The van der Waals surface area contributed by atoms with Crippen LogP contribution < -0.4 is 0 Å². The lowest BCUT2D eigenvalue weighted by Gasteiger charge is -2.04. The van der Waals surface area contributed by atoms with Crippen LogP contribution in [0.4, 0.5) is 0 Å². The lowest BCUT2D eigenvalue weighted by molar-refractivity contribution is -0.148. The molecule has 0 fully saturated rings. The molecule has 0 aromatic heterocycles. The Kier molecular flexibility index (Phi) is 12.1. The molecular formula is C13H26O3. The van der Waals surface area contributed by atoms with Crippen LogP contribution in [0.3, 0.4) is 0 Å². The molecule has 3 nitrogen and oxygen atoms in total. The van der Waals surface area contributed by atoms with E-state index >= 15 is 0 Å². The van der Waals surface area contributed by atoms with E-state index in [0.717, 1.165) is 6.42 Å². The molecule has 0 aliphatic rings. The summed E-state index contributed by atoms with van der Waals surface area (Å²) in [6, 6.07) is 0. The van der Waals surface area contributed by atoms with E-state index in [1.165, 1.54) is 38.5 Å². The number of hydrogen-bond acceptors (Lipinski definition) is 3. The standard InChI is InChI=1S/C13H26O3/c1-3-5-6-7-8-9-10-11-15-12-13(14)16-4-2/h3-12H2,1-2H3. The molecule has 0 aliphatic carbocycles. The highest BCUT2D eigenvalue weighted by Gasteiger charge is 2.00. The number of carbonyl (C=O) groups is 1. The van der Waals surface area contributed by atoms with E-state index in [-0.39, 0.29) is 12.6 Å². The number of esters is 1. The Morgan fingerprint density at radius 1 is 0.938 bits per heavy atom. The molecule has 16 heavy (non-hydrogen) atoms. The Labute approximate surface area is 99.5 Å². The van der Waals surface area contributed by atoms with Crippen LogP contribution in [0.1, 0.15) is 58.8 Å². The van der Waals surface area contributed by atoms with E-state index in [1.54, 1.807) is 6.92 Å². The van der Waals surface area contributed by atoms with E-state index < -0.39 is 0 Å². The van der Waals surface area contributed by atoms with E-state index in [2.05, 4.69) is 6.92 Å². The fourth-order valence-corrected chi connectivity index (χ4v) is 1.52. The normalized spacial score (nSPS) is 10.4. The van der Waals surface area contributed by atoms with Gasteiger partial charge in [-0.25, -0.2) is 4.79 Å². The molecule has 0 spiro atoms. The summed E-state index contributed by atoms with van der Waals surface area (Å²) in [7, 11) is 0. The zero-order valence-corrected chi connectivity index (χ0v) is 10.8. The molecule has 0 aliphatic heterocycles. The largest absolute Gasteiger partial charge is 0.464 e. The highest BCUT2D eigenvalue weighted by atomic mass is 16.6. The minimum atomic E-state index is -0.259. The lowest BCUT2D eigenvalue weighted by Crippen LogP contribution is -2.12. The molecule has 0 bridgehead atoms. The Morgan fingerprint density at radius 2 is 1.56 bits per heavy atom. The maximum absolute atomic E-state index is 10.9. The third-order valence-electron chi connectivity index (χ3n) is 2.42. The zero-order chi connectivity index (χ0) is 12.1. The van der Waals surface area contributed by atoms with E-state index in [0.29, 0.717) is 13.2 Å². The van der Waals surface area contributed by atoms with Crippen molar-refractivity contribution in [2.75, 3.05) is 19.8 Å². The van der Waals surface area contributed by atoms with Crippen LogP contribution in [0.2, 0.25) is 0 Å². The number of carbonyl (C=O) groups excluding carboxylic acids is 1. The van der Waals surface area contributed by atoms with Crippen molar-refractivity contribution in [2.24, 2.45) is 0 Å². The van der Waals surface area contributed by atoms with Crippen molar-refractivity contribution in [3.63, 3.8) is 0 Å². The van der Waals surface area contributed by atoms with Gasteiger partial charge in [0.2, 0.25) is 0 Å². The van der Waals surface area contributed by atoms with Crippen molar-refractivity contribution in [3.05, 3.63) is 0 Å². The van der Waals surface area contributed by atoms with Crippen molar-refractivity contribution in [1.29, 1.82) is 0 Å².